The Hall–Kier alpha value is -3.32. The van der Waals surface area contributed by atoms with Crippen LogP contribution in [0, 0.1) is 11.7 Å². The number of aromatic amines is 1. The minimum Gasteiger partial charge on any atom is -0.373 e. The highest BCUT2D eigenvalue weighted by Crippen LogP contribution is 2.43. The lowest BCUT2D eigenvalue weighted by molar-refractivity contribution is 0.0274. The predicted octanol–water partition coefficient (Wildman–Crippen LogP) is 5.37. The molecule has 0 unspecified atom stereocenters. The number of halogens is 1. The molecule has 4 aromatic rings. The summed E-state index contributed by atoms with van der Waals surface area (Å²) in [6.07, 6.45) is 5.71. The molecule has 0 bridgehead atoms. The monoisotopic (exact) mass is 458 g/mol. The fraction of sp³-hybridized carbons (Fsp3) is 0.370. The number of methoxy groups -OCH3 is 1. The van der Waals surface area contributed by atoms with Crippen molar-refractivity contribution in [1.82, 2.24) is 19.9 Å². The quantitative estimate of drug-likeness (QED) is 0.408. The number of nitrogens with one attached hydrogen (secondary N) is 1. The van der Waals surface area contributed by atoms with Crippen molar-refractivity contribution in [2.45, 2.75) is 37.7 Å². The molecule has 0 spiro atoms. The summed E-state index contributed by atoms with van der Waals surface area (Å²) in [7, 11) is 1.73. The normalized spacial score (nSPS) is 21.2. The van der Waals surface area contributed by atoms with Crippen molar-refractivity contribution in [2.24, 2.45) is 5.92 Å². The van der Waals surface area contributed by atoms with E-state index in [1.807, 2.05) is 35.4 Å². The second-order valence-corrected chi connectivity index (χ2v) is 9.48. The molecule has 7 heteroatoms. The number of pyridine rings is 1. The molecule has 2 aromatic carbocycles. The Morgan fingerprint density at radius 1 is 1.09 bits per heavy atom. The van der Waals surface area contributed by atoms with E-state index in [9.17, 15) is 9.18 Å². The van der Waals surface area contributed by atoms with Crippen LogP contribution in [0.3, 0.4) is 0 Å². The van der Waals surface area contributed by atoms with Crippen LogP contribution in [0.1, 0.15) is 59.5 Å². The lowest BCUT2D eigenvalue weighted by Gasteiger charge is -2.33. The van der Waals surface area contributed by atoms with Gasteiger partial charge in [0.15, 0.2) is 0 Å². The molecule has 1 N–H and O–H groups in total. The third kappa shape index (κ3) is 3.84. The maximum Gasteiger partial charge on any atom is 0.254 e. The zero-order chi connectivity index (χ0) is 23.2. The van der Waals surface area contributed by atoms with Gasteiger partial charge in [0.2, 0.25) is 0 Å². The van der Waals surface area contributed by atoms with Crippen molar-refractivity contribution >= 4 is 27.8 Å². The Morgan fingerprint density at radius 3 is 2.68 bits per heavy atom. The first-order valence-electron chi connectivity index (χ1n) is 12.0. The number of hydrogen-bond acceptors (Lipinski definition) is 4. The molecule has 3 heterocycles. The minimum absolute atomic E-state index is 0.0663. The average molecular weight is 459 g/mol. The standard InChI is InChI=1S/C27H27FN4O2/c1-34-25(26-30-23-8-6-18(14-24(23)31-26)27(33)32-12-13-32)17-4-2-16(3-5-17)20-10-11-29-22-9-7-19(28)15-21(20)22/h6-11,14-17,25H,2-5,12-13H2,1H3,(H,30,31)/t16?,17?,25-/m1/s1. The fourth-order valence-electron chi connectivity index (χ4n) is 5.48. The molecule has 1 aliphatic carbocycles. The van der Waals surface area contributed by atoms with Crippen molar-refractivity contribution in [2.75, 3.05) is 20.2 Å². The van der Waals surface area contributed by atoms with Gasteiger partial charge in [-0.15, -0.1) is 0 Å². The number of H-pyrrole nitrogens is 1. The molecule has 1 amide bonds. The van der Waals surface area contributed by atoms with Crippen LogP contribution in [0.15, 0.2) is 48.7 Å². The fourth-order valence-corrected chi connectivity index (χ4v) is 5.48. The van der Waals surface area contributed by atoms with Gasteiger partial charge in [0.25, 0.3) is 5.91 Å². The summed E-state index contributed by atoms with van der Waals surface area (Å²) < 4.78 is 19.8. The van der Waals surface area contributed by atoms with E-state index in [0.717, 1.165) is 66.5 Å². The van der Waals surface area contributed by atoms with Gasteiger partial charge in [-0.25, -0.2) is 9.37 Å². The van der Waals surface area contributed by atoms with Crippen LogP contribution < -0.4 is 0 Å². The van der Waals surface area contributed by atoms with Gasteiger partial charge in [0.05, 0.1) is 16.6 Å². The molecule has 2 aromatic heterocycles. The van der Waals surface area contributed by atoms with Gasteiger partial charge in [0, 0.05) is 37.3 Å². The number of fused-ring (bicyclic) bond motifs is 2. The zero-order valence-electron chi connectivity index (χ0n) is 19.1. The average Bonchev–Trinajstić information content (AvgIpc) is 3.63. The first-order valence-corrected chi connectivity index (χ1v) is 12.0. The van der Waals surface area contributed by atoms with E-state index in [-0.39, 0.29) is 17.8 Å². The van der Waals surface area contributed by atoms with E-state index in [0.29, 0.717) is 17.4 Å². The number of carbonyl (C=O) groups excluding carboxylic acids is 1. The van der Waals surface area contributed by atoms with Crippen LogP contribution in [0.2, 0.25) is 0 Å². The summed E-state index contributed by atoms with van der Waals surface area (Å²) >= 11 is 0. The van der Waals surface area contributed by atoms with Crippen LogP contribution in [0.4, 0.5) is 4.39 Å². The predicted molar refractivity (Wildman–Crippen MR) is 128 cm³/mol. The highest BCUT2D eigenvalue weighted by molar-refractivity contribution is 5.98. The molecule has 1 saturated carbocycles. The molecule has 1 saturated heterocycles. The van der Waals surface area contributed by atoms with Crippen LogP contribution in [0.25, 0.3) is 21.9 Å². The number of amides is 1. The van der Waals surface area contributed by atoms with Crippen LogP contribution in [0.5, 0.6) is 0 Å². The summed E-state index contributed by atoms with van der Waals surface area (Å²) in [5, 5.41) is 0.916. The molecule has 2 aliphatic rings. The lowest BCUT2D eigenvalue weighted by Crippen LogP contribution is -2.22. The van der Waals surface area contributed by atoms with Crippen molar-refractivity contribution in [1.29, 1.82) is 0 Å². The van der Waals surface area contributed by atoms with E-state index in [1.165, 1.54) is 11.6 Å². The maximum absolute atomic E-state index is 13.9. The summed E-state index contributed by atoms with van der Waals surface area (Å²) in [4.78, 5) is 26.8. The molecular weight excluding hydrogens is 431 g/mol. The van der Waals surface area contributed by atoms with Gasteiger partial charge >= 0.3 is 0 Å². The van der Waals surface area contributed by atoms with Crippen molar-refractivity contribution in [3.05, 3.63) is 71.4 Å². The molecular formula is C27H27FN4O2. The third-order valence-corrected chi connectivity index (χ3v) is 7.38. The van der Waals surface area contributed by atoms with Crippen molar-refractivity contribution in [3.8, 4) is 0 Å². The Kier molecular flexibility index (Phi) is 5.29. The molecule has 1 aliphatic heterocycles. The highest BCUT2D eigenvalue weighted by Gasteiger charge is 2.32. The first-order chi connectivity index (χ1) is 16.6. The number of imidazole rings is 1. The number of hydrogen-bond donors (Lipinski definition) is 1. The highest BCUT2D eigenvalue weighted by atomic mass is 19.1. The molecule has 6 nitrogen and oxygen atoms in total. The van der Waals surface area contributed by atoms with Crippen molar-refractivity contribution in [3.63, 3.8) is 0 Å². The molecule has 174 valence electrons. The third-order valence-electron chi connectivity index (χ3n) is 7.38. The van der Waals surface area contributed by atoms with E-state index in [4.69, 9.17) is 9.72 Å². The zero-order valence-corrected chi connectivity index (χ0v) is 19.1. The van der Waals surface area contributed by atoms with E-state index in [2.05, 4.69) is 9.97 Å². The Balaban J connectivity index is 1.20. The van der Waals surface area contributed by atoms with Crippen LogP contribution in [-0.4, -0.2) is 46.0 Å². The maximum atomic E-state index is 13.9. The SMILES string of the molecule is CO[C@@H](c1nc2cc(C(=O)N3CC3)ccc2[nH]1)C1CCC(c2ccnc3ccc(F)cc23)CC1. The number of benzene rings is 2. The summed E-state index contributed by atoms with van der Waals surface area (Å²) in [6, 6.07) is 12.5. The first kappa shape index (κ1) is 21.2. The Labute approximate surface area is 197 Å². The van der Waals surface area contributed by atoms with E-state index < -0.39 is 0 Å². The summed E-state index contributed by atoms with van der Waals surface area (Å²) in [6.45, 7) is 1.67. The summed E-state index contributed by atoms with van der Waals surface area (Å²) in [5.74, 6) is 1.37. The molecule has 0 radical (unpaired) electrons. The molecule has 6 rings (SSSR count). The van der Waals surface area contributed by atoms with E-state index in [1.54, 1.807) is 19.2 Å². The molecule has 1 atom stereocenters. The number of carbonyl (C=O) groups is 1. The van der Waals surface area contributed by atoms with Gasteiger partial charge in [-0.1, -0.05) is 0 Å². The van der Waals surface area contributed by atoms with Gasteiger partial charge in [-0.2, -0.15) is 0 Å². The molecule has 2 fully saturated rings. The van der Waals surface area contributed by atoms with Crippen LogP contribution in [-0.2, 0) is 4.74 Å². The number of aromatic nitrogens is 3. The van der Waals surface area contributed by atoms with Gasteiger partial charge in [0.1, 0.15) is 17.7 Å². The van der Waals surface area contributed by atoms with Gasteiger partial charge in [-0.3, -0.25) is 9.78 Å². The van der Waals surface area contributed by atoms with Gasteiger partial charge < -0.3 is 14.6 Å². The minimum atomic E-state index is -0.223. The summed E-state index contributed by atoms with van der Waals surface area (Å²) in [5.41, 5.74) is 4.42. The number of ether oxygens (including phenoxy) is 1. The topological polar surface area (TPSA) is 70.9 Å². The van der Waals surface area contributed by atoms with Crippen LogP contribution >= 0.6 is 0 Å². The smallest absolute Gasteiger partial charge is 0.254 e. The second kappa shape index (κ2) is 8.47. The second-order valence-electron chi connectivity index (χ2n) is 9.48. The number of rotatable bonds is 5. The molecule has 34 heavy (non-hydrogen) atoms. The van der Waals surface area contributed by atoms with E-state index >= 15 is 0 Å². The number of nitrogens with zero attached hydrogens (tertiary/aromatic N) is 3. The Bertz CT molecular complexity index is 1370. The largest absolute Gasteiger partial charge is 0.373 e. The van der Waals surface area contributed by atoms with Gasteiger partial charge in [-0.05, 0) is 85.5 Å². The Morgan fingerprint density at radius 2 is 1.91 bits per heavy atom. The van der Waals surface area contributed by atoms with Crippen molar-refractivity contribution < 1.29 is 13.9 Å². The lowest BCUT2D eigenvalue weighted by atomic mass is 9.76.